The van der Waals surface area contributed by atoms with Gasteiger partial charge in [-0.05, 0) is 31.9 Å². The van der Waals surface area contributed by atoms with Gasteiger partial charge in [-0.1, -0.05) is 30.3 Å². The minimum Gasteiger partial charge on any atom is -0.354 e. The number of hydrogen-bond donors (Lipinski definition) is 2. The van der Waals surface area contributed by atoms with Crippen LogP contribution in [0.25, 0.3) is 0 Å². The van der Waals surface area contributed by atoms with Crippen molar-refractivity contribution in [3.8, 4) is 0 Å². The Bertz CT molecular complexity index is 377. The van der Waals surface area contributed by atoms with Crippen molar-refractivity contribution in [2.24, 2.45) is 5.92 Å². The molecule has 0 spiro atoms. The number of benzene rings is 1. The van der Waals surface area contributed by atoms with E-state index in [9.17, 15) is 4.79 Å². The van der Waals surface area contributed by atoms with E-state index < -0.39 is 0 Å². The summed E-state index contributed by atoms with van der Waals surface area (Å²) >= 11 is 0. The van der Waals surface area contributed by atoms with Gasteiger partial charge in [-0.15, -0.1) is 0 Å². The van der Waals surface area contributed by atoms with Gasteiger partial charge in [-0.3, -0.25) is 4.79 Å². The molecule has 1 amide bonds. The van der Waals surface area contributed by atoms with Crippen molar-refractivity contribution in [1.82, 2.24) is 10.6 Å². The summed E-state index contributed by atoms with van der Waals surface area (Å²) in [4.78, 5) is 11.9. The third-order valence-electron chi connectivity index (χ3n) is 3.43. The Morgan fingerprint density at radius 2 is 2.12 bits per heavy atom. The molecule has 0 aliphatic heterocycles. The van der Waals surface area contributed by atoms with Gasteiger partial charge in [-0.2, -0.15) is 0 Å². The normalized spacial score (nSPS) is 24.1. The predicted molar refractivity (Wildman–Crippen MR) is 68.8 cm³/mol. The Kier molecular flexibility index (Phi) is 3.79. The van der Waals surface area contributed by atoms with Gasteiger partial charge in [0, 0.05) is 18.5 Å². The Labute approximate surface area is 103 Å². The first-order chi connectivity index (χ1) is 8.22. The summed E-state index contributed by atoms with van der Waals surface area (Å²) in [5, 5.41) is 6.10. The Morgan fingerprint density at radius 3 is 2.76 bits per heavy atom. The van der Waals surface area contributed by atoms with E-state index in [4.69, 9.17) is 0 Å². The quantitative estimate of drug-likeness (QED) is 0.808. The third kappa shape index (κ3) is 3.07. The molecule has 1 aromatic carbocycles. The highest BCUT2D eigenvalue weighted by atomic mass is 16.2. The fraction of sp³-hybridized carbons (Fsp3) is 0.500. The fourth-order valence-corrected chi connectivity index (χ4v) is 2.04. The Hall–Kier alpha value is -1.35. The number of carbonyl (C=O) groups excluding carboxylic acids is 1. The number of likely N-dealkylation sites (N-methyl/N-ethyl adjacent to an activating group) is 1. The molecule has 0 radical (unpaired) electrons. The van der Waals surface area contributed by atoms with Crippen molar-refractivity contribution in [2.75, 3.05) is 13.6 Å². The Balaban J connectivity index is 1.81. The summed E-state index contributed by atoms with van der Waals surface area (Å²) in [7, 11) is 1.90. The van der Waals surface area contributed by atoms with Crippen molar-refractivity contribution in [3.63, 3.8) is 0 Å². The second-order valence-corrected chi connectivity index (χ2v) is 4.79. The van der Waals surface area contributed by atoms with E-state index in [-0.39, 0.29) is 11.8 Å². The fourth-order valence-electron chi connectivity index (χ4n) is 2.04. The van der Waals surface area contributed by atoms with Crippen LogP contribution in [0.3, 0.4) is 0 Å². The van der Waals surface area contributed by atoms with E-state index in [1.54, 1.807) is 0 Å². The maximum Gasteiger partial charge on any atom is 0.223 e. The number of nitrogens with one attached hydrogen (secondary N) is 2. The monoisotopic (exact) mass is 232 g/mol. The molecular weight excluding hydrogens is 212 g/mol. The second-order valence-electron chi connectivity index (χ2n) is 4.79. The maximum atomic E-state index is 11.9. The number of carbonyl (C=O) groups is 1. The zero-order valence-electron chi connectivity index (χ0n) is 10.4. The predicted octanol–water partition coefficient (Wildman–Crippen LogP) is 1.51. The molecule has 2 N–H and O–H groups in total. The van der Waals surface area contributed by atoms with Crippen LogP contribution in [-0.2, 0) is 4.79 Å². The lowest BCUT2D eigenvalue weighted by atomic mass is 10.1. The molecule has 0 heterocycles. The number of hydrogen-bond acceptors (Lipinski definition) is 2. The van der Waals surface area contributed by atoms with Crippen LogP contribution in [0.2, 0.25) is 0 Å². The molecule has 0 bridgehead atoms. The molecule has 0 aromatic heterocycles. The van der Waals surface area contributed by atoms with Gasteiger partial charge in [0.05, 0.1) is 0 Å². The van der Waals surface area contributed by atoms with E-state index in [0.717, 1.165) is 6.42 Å². The molecule has 92 valence electrons. The summed E-state index contributed by atoms with van der Waals surface area (Å²) in [5.41, 5.74) is 1.29. The van der Waals surface area contributed by atoms with Crippen molar-refractivity contribution >= 4 is 5.91 Å². The van der Waals surface area contributed by atoms with Crippen LogP contribution in [0.4, 0.5) is 0 Å². The van der Waals surface area contributed by atoms with Crippen molar-refractivity contribution < 1.29 is 4.79 Å². The van der Waals surface area contributed by atoms with Crippen LogP contribution in [0.5, 0.6) is 0 Å². The topological polar surface area (TPSA) is 41.1 Å². The SMILES string of the molecule is CNC(C)CNC(=O)C1CC1c1ccccc1. The first-order valence-corrected chi connectivity index (χ1v) is 6.22. The summed E-state index contributed by atoms with van der Waals surface area (Å²) in [5.74, 6) is 0.809. The smallest absolute Gasteiger partial charge is 0.223 e. The molecule has 1 aromatic rings. The average molecular weight is 232 g/mol. The molecule has 17 heavy (non-hydrogen) atoms. The van der Waals surface area contributed by atoms with Gasteiger partial charge in [-0.25, -0.2) is 0 Å². The summed E-state index contributed by atoms with van der Waals surface area (Å²) in [6.07, 6.45) is 0.990. The highest BCUT2D eigenvalue weighted by Crippen LogP contribution is 2.47. The van der Waals surface area contributed by atoms with E-state index in [1.807, 2.05) is 25.2 Å². The highest BCUT2D eigenvalue weighted by molar-refractivity contribution is 5.82. The van der Waals surface area contributed by atoms with E-state index in [0.29, 0.717) is 18.5 Å². The highest BCUT2D eigenvalue weighted by Gasteiger charge is 2.43. The molecule has 3 atom stereocenters. The molecule has 3 heteroatoms. The molecule has 1 aliphatic rings. The molecule has 0 saturated heterocycles. The van der Waals surface area contributed by atoms with Crippen molar-refractivity contribution in [3.05, 3.63) is 35.9 Å². The van der Waals surface area contributed by atoms with Crippen LogP contribution in [-0.4, -0.2) is 25.5 Å². The van der Waals surface area contributed by atoms with Gasteiger partial charge in [0.2, 0.25) is 5.91 Å². The van der Waals surface area contributed by atoms with Gasteiger partial charge >= 0.3 is 0 Å². The lowest BCUT2D eigenvalue weighted by Gasteiger charge is -2.11. The van der Waals surface area contributed by atoms with Crippen molar-refractivity contribution in [1.29, 1.82) is 0 Å². The van der Waals surface area contributed by atoms with Gasteiger partial charge in [0.1, 0.15) is 0 Å². The molecule has 1 aliphatic carbocycles. The molecule has 3 nitrogen and oxygen atoms in total. The largest absolute Gasteiger partial charge is 0.354 e. The molecule has 1 saturated carbocycles. The molecule has 3 unspecified atom stereocenters. The van der Waals surface area contributed by atoms with Crippen molar-refractivity contribution in [2.45, 2.75) is 25.3 Å². The minimum atomic E-state index is 0.182. The first kappa shape index (κ1) is 12.1. The number of rotatable bonds is 5. The van der Waals surface area contributed by atoms with Crippen LogP contribution in [0.15, 0.2) is 30.3 Å². The minimum absolute atomic E-state index is 0.182. The molecule has 2 rings (SSSR count). The van der Waals surface area contributed by atoms with E-state index in [1.165, 1.54) is 5.56 Å². The number of amides is 1. The summed E-state index contributed by atoms with van der Waals surface area (Å²) in [6, 6.07) is 10.6. The maximum absolute atomic E-state index is 11.9. The summed E-state index contributed by atoms with van der Waals surface area (Å²) < 4.78 is 0. The van der Waals surface area contributed by atoms with Crippen LogP contribution >= 0.6 is 0 Å². The van der Waals surface area contributed by atoms with Gasteiger partial charge in [0.15, 0.2) is 0 Å². The van der Waals surface area contributed by atoms with Crippen LogP contribution in [0, 0.1) is 5.92 Å². The standard InChI is InChI=1S/C14H20N2O/c1-10(15-2)9-16-14(17)13-8-12(13)11-6-4-3-5-7-11/h3-7,10,12-13,15H,8-9H2,1-2H3,(H,16,17). The lowest BCUT2D eigenvalue weighted by molar-refractivity contribution is -0.122. The lowest BCUT2D eigenvalue weighted by Crippen LogP contribution is -2.37. The summed E-state index contributed by atoms with van der Waals surface area (Å²) in [6.45, 7) is 2.76. The first-order valence-electron chi connectivity index (χ1n) is 6.22. The van der Waals surface area contributed by atoms with E-state index >= 15 is 0 Å². The van der Waals surface area contributed by atoms with Gasteiger partial charge < -0.3 is 10.6 Å². The zero-order chi connectivity index (χ0) is 12.3. The van der Waals surface area contributed by atoms with E-state index in [2.05, 4.69) is 29.7 Å². The Morgan fingerprint density at radius 1 is 1.41 bits per heavy atom. The third-order valence-corrected chi connectivity index (χ3v) is 3.43. The second kappa shape index (κ2) is 5.32. The van der Waals surface area contributed by atoms with Gasteiger partial charge in [0.25, 0.3) is 0 Å². The van der Waals surface area contributed by atoms with Crippen LogP contribution < -0.4 is 10.6 Å². The average Bonchev–Trinajstić information content (AvgIpc) is 3.17. The molecular formula is C14H20N2O. The molecule has 1 fully saturated rings. The van der Waals surface area contributed by atoms with Crippen LogP contribution in [0.1, 0.15) is 24.8 Å². The zero-order valence-corrected chi connectivity index (χ0v) is 10.4.